The Balaban J connectivity index is 4.36. The van der Waals surface area contributed by atoms with Gasteiger partial charge in [-0.3, -0.25) is 9.59 Å². The minimum atomic E-state index is -1.13. The van der Waals surface area contributed by atoms with Crippen molar-refractivity contribution in [3.63, 3.8) is 0 Å². The van der Waals surface area contributed by atoms with Gasteiger partial charge in [0.1, 0.15) is 12.6 Å². The Morgan fingerprint density at radius 3 is 1.39 bits per heavy atom. The van der Waals surface area contributed by atoms with Gasteiger partial charge in [0.15, 0.2) is 6.10 Å². The van der Waals surface area contributed by atoms with Crippen LogP contribution >= 0.6 is 0 Å². The summed E-state index contributed by atoms with van der Waals surface area (Å²) in [7, 11) is 5.40. The Hall–Kier alpha value is -2.71. The molecule has 0 heterocycles. The summed E-state index contributed by atoms with van der Waals surface area (Å²) < 4.78 is 17.2. The zero-order chi connectivity index (χ0) is 42.1. The number of aliphatic carboxylic acids is 1. The number of nitrogens with zero attached hydrogens (tertiary/aromatic N) is 1. The van der Waals surface area contributed by atoms with E-state index in [1.54, 1.807) is 21.1 Å². The van der Waals surface area contributed by atoms with Crippen molar-refractivity contribution in [2.45, 2.75) is 206 Å². The molecule has 0 saturated heterocycles. The highest BCUT2D eigenvalue weighted by Gasteiger charge is 2.25. The Morgan fingerprint density at radius 1 is 0.526 bits per heavy atom. The lowest BCUT2D eigenvalue weighted by Crippen LogP contribution is -2.55. The van der Waals surface area contributed by atoms with Crippen molar-refractivity contribution >= 4 is 17.9 Å². The van der Waals surface area contributed by atoms with Gasteiger partial charge >= 0.3 is 11.9 Å². The summed E-state index contributed by atoms with van der Waals surface area (Å²) in [6.45, 7) is 4.60. The van der Waals surface area contributed by atoms with Gasteiger partial charge < -0.3 is 28.6 Å². The molecule has 2 unspecified atom stereocenters. The second kappa shape index (κ2) is 40.1. The van der Waals surface area contributed by atoms with Crippen LogP contribution in [-0.4, -0.2) is 75.5 Å². The number of esters is 2. The van der Waals surface area contributed by atoms with Crippen molar-refractivity contribution in [3.8, 4) is 0 Å². The highest BCUT2D eigenvalue weighted by molar-refractivity contribution is 5.70. The summed E-state index contributed by atoms with van der Waals surface area (Å²) >= 11 is 0. The van der Waals surface area contributed by atoms with Crippen LogP contribution in [0.2, 0.25) is 0 Å². The van der Waals surface area contributed by atoms with Gasteiger partial charge in [0.25, 0.3) is 0 Å². The highest BCUT2D eigenvalue weighted by Crippen LogP contribution is 2.13. The number of unbranched alkanes of at least 4 members (excludes halogenated alkanes) is 19. The molecule has 0 aromatic rings. The van der Waals surface area contributed by atoms with E-state index in [0.717, 1.165) is 77.0 Å². The van der Waals surface area contributed by atoms with Crippen molar-refractivity contribution < 1.29 is 38.2 Å². The third-order valence-electron chi connectivity index (χ3n) is 10.2. The summed E-state index contributed by atoms with van der Waals surface area (Å²) in [6.07, 6.45) is 47.0. The van der Waals surface area contributed by atoms with E-state index in [9.17, 15) is 19.5 Å². The Labute approximate surface area is 350 Å². The molecule has 8 heteroatoms. The lowest BCUT2D eigenvalue weighted by molar-refractivity contribution is -0.889. The molecule has 0 radical (unpaired) electrons. The first-order chi connectivity index (χ1) is 27.6. The van der Waals surface area contributed by atoms with E-state index in [2.05, 4.69) is 62.5 Å². The number of carbonyl (C=O) groups is 3. The standard InChI is InChI=1S/C49H87NO7/c1-6-8-10-12-14-16-18-20-22-24-26-28-30-32-34-36-38-40-48(52)57-45(43-55-42-41-46(49(53)54)50(3,4)5)44-56-47(51)39-37-35-33-31-29-27-25-23-21-19-17-15-13-11-9-7-2/h14,16-17,19-20,22-23,25,45-46H,6-13,15,18,21,24,26-44H2,1-5H3/b16-14-,19-17-,22-20-,25-23-. The molecule has 0 aliphatic carbocycles. The van der Waals surface area contributed by atoms with Gasteiger partial charge in [0.05, 0.1) is 40.3 Å². The smallest absolute Gasteiger partial charge is 0.306 e. The van der Waals surface area contributed by atoms with Gasteiger partial charge in [0.2, 0.25) is 0 Å². The number of carboxylic acid groups (broad SMARTS) is 1. The van der Waals surface area contributed by atoms with E-state index in [-0.39, 0.29) is 42.7 Å². The molecular weight excluding hydrogens is 715 g/mol. The summed E-state index contributed by atoms with van der Waals surface area (Å²) in [5.41, 5.74) is 0. The number of hydrogen-bond donors (Lipinski definition) is 0. The fourth-order valence-electron chi connectivity index (χ4n) is 6.54. The lowest BCUT2D eigenvalue weighted by Gasteiger charge is -2.34. The van der Waals surface area contributed by atoms with Crippen LogP contribution in [0.25, 0.3) is 0 Å². The molecule has 0 spiro atoms. The SMILES string of the molecule is CCCCC/C=C\C/C=C\CCCCCCCCCC(=O)OC(COCCC(C(=O)[O-])[N+](C)(C)C)COC(=O)CCCCCCC/C=C\C/C=C\CCCCCC. The molecule has 8 nitrogen and oxygen atoms in total. The van der Waals surface area contributed by atoms with Crippen LogP contribution in [0.3, 0.4) is 0 Å². The number of ether oxygens (including phenoxy) is 3. The molecule has 330 valence electrons. The highest BCUT2D eigenvalue weighted by atomic mass is 16.6. The average molecular weight is 802 g/mol. The van der Waals surface area contributed by atoms with Gasteiger partial charge in [-0.15, -0.1) is 0 Å². The third-order valence-corrected chi connectivity index (χ3v) is 10.2. The number of likely N-dealkylation sites (N-methyl/N-ethyl adjacent to an activating group) is 1. The van der Waals surface area contributed by atoms with Crippen LogP contribution in [0.4, 0.5) is 0 Å². The number of hydrogen-bond acceptors (Lipinski definition) is 7. The molecular formula is C49H87NO7. The monoisotopic (exact) mass is 802 g/mol. The Kier molecular flexibility index (Phi) is 38.2. The molecule has 57 heavy (non-hydrogen) atoms. The number of allylic oxidation sites excluding steroid dienone is 8. The normalized spacial score (nSPS) is 13.4. The summed E-state index contributed by atoms with van der Waals surface area (Å²) in [5.74, 6) is -1.76. The van der Waals surface area contributed by atoms with Crippen LogP contribution in [0.1, 0.15) is 194 Å². The zero-order valence-electron chi connectivity index (χ0n) is 37.5. The van der Waals surface area contributed by atoms with E-state index in [1.807, 2.05) is 0 Å². The van der Waals surface area contributed by atoms with Gasteiger partial charge in [-0.05, 0) is 77.0 Å². The van der Waals surface area contributed by atoms with Crippen LogP contribution in [0.15, 0.2) is 48.6 Å². The number of carbonyl (C=O) groups excluding carboxylic acids is 3. The van der Waals surface area contributed by atoms with Crippen molar-refractivity contribution in [3.05, 3.63) is 48.6 Å². The number of carboxylic acids is 1. The molecule has 0 aliphatic heterocycles. The van der Waals surface area contributed by atoms with Gasteiger partial charge in [0, 0.05) is 19.3 Å². The van der Waals surface area contributed by atoms with Crippen molar-refractivity contribution in [1.29, 1.82) is 0 Å². The topological polar surface area (TPSA) is 102 Å². The van der Waals surface area contributed by atoms with Gasteiger partial charge in [-0.1, -0.05) is 146 Å². The maximum atomic E-state index is 12.7. The molecule has 0 N–H and O–H groups in total. The fraction of sp³-hybridized carbons (Fsp3) is 0.776. The fourth-order valence-corrected chi connectivity index (χ4v) is 6.54. The van der Waals surface area contributed by atoms with Crippen molar-refractivity contribution in [2.24, 2.45) is 0 Å². The predicted octanol–water partition coefficient (Wildman–Crippen LogP) is 11.5. The third kappa shape index (κ3) is 38.6. The van der Waals surface area contributed by atoms with E-state index >= 15 is 0 Å². The second-order valence-electron chi connectivity index (χ2n) is 16.6. The minimum absolute atomic E-state index is 0.0324. The molecule has 0 amide bonds. The summed E-state index contributed by atoms with van der Waals surface area (Å²) in [5, 5.41) is 11.6. The zero-order valence-corrected chi connectivity index (χ0v) is 37.5. The molecule has 0 fully saturated rings. The van der Waals surface area contributed by atoms with Crippen molar-refractivity contribution in [1.82, 2.24) is 0 Å². The van der Waals surface area contributed by atoms with Crippen LogP contribution in [0, 0.1) is 0 Å². The summed E-state index contributed by atoms with van der Waals surface area (Å²) in [4.78, 5) is 36.9. The van der Waals surface area contributed by atoms with E-state index in [4.69, 9.17) is 14.2 Å². The molecule has 0 saturated carbocycles. The average Bonchev–Trinajstić information content (AvgIpc) is 3.17. The second-order valence-corrected chi connectivity index (χ2v) is 16.6. The number of quaternary nitrogens is 1. The Morgan fingerprint density at radius 2 is 0.930 bits per heavy atom. The molecule has 0 bridgehead atoms. The molecule has 0 aromatic carbocycles. The van der Waals surface area contributed by atoms with E-state index < -0.39 is 18.1 Å². The van der Waals surface area contributed by atoms with Crippen LogP contribution < -0.4 is 5.11 Å². The molecule has 0 aliphatic rings. The Bertz CT molecular complexity index is 1070. The number of rotatable bonds is 41. The minimum Gasteiger partial charge on any atom is -0.544 e. The maximum Gasteiger partial charge on any atom is 0.306 e. The van der Waals surface area contributed by atoms with E-state index in [0.29, 0.717) is 12.8 Å². The predicted molar refractivity (Wildman–Crippen MR) is 236 cm³/mol. The lowest BCUT2D eigenvalue weighted by atomic mass is 10.1. The van der Waals surface area contributed by atoms with Gasteiger partial charge in [-0.25, -0.2) is 0 Å². The van der Waals surface area contributed by atoms with Crippen molar-refractivity contribution in [2.75, 3.05) is 41.0 Å². The maximum absolute atomic E-state index is 12.7. The molecule has 2 atom stereocenters. The largest absolute Gasteiger partial charge is 0.544 e. The first kappa shape index (κ1) is 54.3. The van der Waals surface area contributed by atoms with Crippen LogP contribution in [0.5, 0.6) is 0 Å². The quantitative estimate of drug-likeness (QED) is 0.0262. The van der Waals surface area contributed by atoms with Gasteiger partial charge in [-0.2, -0.15) is 0 Å². The first-order valence-corrected chi connectivity index (χ1v) is 23.2. The molecule has 0 rings (SSSR count). The molecule has 0 aromatic heterocycles. The first-order valence-electron chi connectivity index (χ1n) is 23.2. The summed E-state index contributed by atoms with van der Waals surface area (Å²) in [6, 6.07) is -0.730. The van der Waals surface area contributed by atoms with Crippen LogP contribution in [-0.2, 0) is 28.6 Å². The van der Waals surface area contributed by atoms with E-state index in [1.165, 1.54) is 83.5 Å².